The third kappa shape index (κ3) is 2.42. The number of rotatable bonds is 1. The molecule has 1 aromatic heterocycles. The van der Waals surface area contributed by atoms with Crippen molar-refractivity contribution in [2.45, 2.75) is 11.3 Å². The molecule has 1 heterocycles. The summed E-state index contributed by atoms with van der Waals surface area (Å²) in [6, 6.07) is 0. The van der Waals surface area contributed by atoms with E-state index in [1.807, 2.05) is 0 Å². The fourth-order valence-corrected chi connectivity index (χ4v) is 1.38. The van der Waals surface area contributed by atoms with Crippen LogP contribution in [-0.2, 0) is 17.0 Å². The number of aromatic nitrogens is 2. The quantitative estimate of drug-likeness (QED) is 0.560. The average molecular weight is 245 g/mol. The van der Waals surface area contributed by atoms with Crippen LogP contribution < -0.4 is 0 Å². The molecule has 0 N–H and O–H groups in total. The monoisotopic (exact) mass is 244 g/mol. The Bertz CT molecular complexity index is 382. The Kier molecular flexibility index (Phi) is 3.10. The van der Waals surface area contributed by atoms with Gasteiger partial charge in [0.2, 0.25) is 5.16 Å². The van der Waals surface area contributed by atoms with E-state index in [0.717, 1.165) is 0 Å². The third-order valence-electron chi connectivity index (χ3n) is 1.28. The Balaban J connectivity index is 3.21. The first-order valence-corrected chi connectivity index (χ1v) is 5.19. The highest BCUT2D eigenvalue weighted by molar-refractivity contribution is 7.84. The summed E-state index contributed by atoms with van der Waals surface area (Å²) < 4.78 is 47.2. The fraction of sp³-hybridized carbons (Fsp3) is 0.333. The lowest BCUT2D eigenvalue weighted by atomic mass is 10.3. The van der Waals surface area contributed by atoms with Crippen molar-refractivity contribution >= 4 is 22.4 Å². The molecule has 1 rings (SSSR count). The van der Waals surface area contributed by atoms with Gasteiger partial charge in [-0.25, -0.2) is 9.97 Å². The van der Waals surface area contributed by atoms with Crippen LogP contribution in [0.4, 0.5) is 13.2 Å². The van der Waals surface area contributed by atoms with Gasteiger partial charge in [0.15, 0.2) is 0 Å². The molecule has 0 saturated carbocycles. The molecular weight excluding hydrogens is 241 g/mol. The molecular formula is C6H4ClF3N2OS. The van der Waals surface area contributed by atoms with Gasteiger partial charge in [0.05, 0.1) is 10.8 Å². The van der Waals surface area contributed by atoms with Crippen LogP contribution in [0.3, 0.4) is 0 Å². The molecule has 1 atom stereocenters. The van der Waals surface area contributed by atoms with Gasteiger partial charge in [-0.05, 0) is 0 Å². The second-order valence-electron chi connectivity index (χ2n) is 2.31. The van der Waals surface area contributed by atoms with E-state index in [1.54, 1.807) is 0 Å². The Labute approximate surface area is 84.8 Å². The Morgan fingerprint density at radius 3 is 2.43 bits per heavy atom. The summed E-state index contributed by atoms with van der Waals surface area (Å²) in [4.78, 5) is 6.56. The van der Waals surface area contributed by atoms with E-state index in [0.29, 0.717) is 6.20 Å². The number of hydrogen-bond donors (Lipinski definition) is 0. The molecule has 0 aromatic carbocycles. The lowest BCUT2D eigenvalue weighted by Gasteiger charge is -2.07. The number of alkyl halides is 3. The first kappa shape index (κ1) is 11.4. The summed E-state index contributed by atoms with van der Waals surface area (Å²) in [7, 11) is -1.55. The fourth-order valence-electron chi connectivity index (χ4n) is 0.675. The van der Waals surface area contributed by atoms with Crippen molar-refractivity contribution in [3.63, 3.8) is 0 Å². The Hall–Kier alpha value is -0.690. The largest absolute Gasteiger partial charge is 0.420 e. The highest BCUT2D eigenvalue weighted by Gasteiger charge is 2.34. The summed E-state index contributed by atoms with van der Waals surface area (Å²) in [6.07, 6.45) is -2.82. The Morgan fingerprint density at radius 1 is 1.50 bits per heavy atom. The van der Waals surface area contributed by atoms with Crippen LogP contribution in [-0.4, -0.2) is 20.4 Å². The maximum atomic E-state index is 12.1. The molecule has 0 amide bonds. The molecule has 0 bridgehead atoms. The molecule has 0 unspecified atom stereocenters. The van der Waals surface area contributed by atoms with Crippen LogP contribution in [0.1, 0.15) is 5.56 Å². The minimum atomic E-state index is -4.59. The standard InChI is InChI=1S/C6H4ClF3N2OS/c1-14(13)5-11-2-3(4(7)12-5)6(8,9)10/h2H,1H3/t14-/m1/s1. The smallest absolute Gasteiger partial charge is 0.251 e. The molecule has 0 fully saturated rings. The summed E-state index contributed by atoms with van der Waals surface area (Å²) in [6.45, 7) is 0. The highest BCUT2D eigenvalue weighted by Crippen LogP contribution is 2.32. The topological polar surface area (TPSA) is 42.9 Å². The number of nitrogens with zero attached hydrogens (tertiary/aromatic N) is 2. The van der Waals surface area contributed by atoms with Gasteiger partial charge in [-0.3, -0.25) is 4.21 Å². The van der Waals surface area contributed by atoms with Crippen LogP contribution in [0, 0.1) is 0 Å². The zero-order chi connectivity index (χ0) is 10.9. The second-order valence-corrected chi connectivity index (χ2v) is 3.94. The lowest BCUT2D eigenvalue weighted by molar-refractivity contribution is -0.138. The van der Waals surface area contributed by atoms with Crippen molar-refractivity contribution in [2.24, 2.45) is 0 Å². The molecule has 8 heteroatoms. The molecule has 0 aliphatic carbocycles. The van der Waals surface area contributed by atoms with E-state index >= 15 is 0 Å². The van der Waals surface area contributed by atoms with Gasteiger partial charge in [0.1, 0.15) is 10.7 Å². The molecule has 0 aliphatic rings. The van der Waals surface area contributed by atoms with Gasteiger partial charge in [-0.1, -0.05) is 11.6 Å². The SMILES string of the molecule is C[S@@](=O)c1ncc(C(F)(F)F)c(Cl)n1. The van der Waals surface area contributed by atoms with Crippen molar-refractivity contribution in [3.05, 3.63) is 16.9 Å². The minimum Gasteiger partial charge on any atom is -0.251 e. The Morgan fingerprint density at radius 2 is 2.07 bits per heavy atom. The molecule has 3 nitrogen and oxygen atoms in total. The predicted octanol–water partition coefficient (Wildman–Crippen LogP) is 1.89. The van der Waals surface area contributed by atoms with Gasteiger partial charge in [-0.2, -0.15) is 13.2 Å². The summed E-state index contributed by atoms with van der Waals surface area (Å²) >= 11 is 5.25. The van der Waals surface area contributed by atoms with Crippen LogP contribution in [0.25, 0.3) is 0 Å². The first-order chi connectivity index (χ1) is 6.32. The zero-order valence-corrected chi connectivity index (χ0v) is 8.37. The van der Waals surface area contributed by atoms with E-state index in [9.17, 15) is 17.4 Å². The second kappa shape index (κ2) is 3.82. The zero-order valence-electron chi connectivity index (χ0n) is 6.80. The van der Waals surface area contributed by atoms with Crippen LogP contribution in [0.15, 0.2) is 11.4 Å². The number of hydrogen-bond acceptors (Lipinski definition) is 3. The molecule has 0 aliphatic heterocycles. The third-order valence-corrected chi connectivity index (χ3v) is 2.28. The molecule has 0 spiro atoms. The predicted molar refractivity (Wildman–Crippen MR) is 44.4 cm³/mol. The maximum Gasteiger partial charge on any atom is 0.420 e. The van der Waals surface area contributed by atoms with Gasteiger partial charge < -0.3 is 0 Å². The molecule has 78 valence electrons. The molecule has 0 saturated heterocycles. The van der Waals surface area contributed by atoms with Gasteiger partial charge in [0, 0.05) is 12.5 Å². The normalized spacial score (nSPS) is 14.1. The summed E-state index contributed by atoms with van der Waals surface area (Å²) in [5, 5.41) is -0.958. The van der Waals surface area contributed by atoms with Gasteiger partial charge in [-0.15, -0.1) is 0 Å². The minimum absolute atomic E-state index is 0.219. The van der Waals surface area contributed by atoms with Crippen LogP contribution >= 0.6 is 11.6 Å². The van der Waals surface area contributed by atoms with Crippen molar-refractivity contribution in [3.8, 4) is 0 Å². The molecule has 0 radical (unpaired) electrons. The molecule has 14 heavy (non-hydrogen) atoms. The van der Waals surface area contributed by atoms with E-state index in [1.165, 1.54) is 6.26 Å². The summed E-state index contributed by atoms with van der Waals surface area (Å²) in [5.41, 5.74) is -1.13. The van der Waals surface area contributed by atoms with Crippen molar-refractivity contribution in [1.82, 2.24) is 9.97 Å². The first-order valence-electron chi connectivity index (χ1n) is 3.25. The van der Waals surface area contributed by atoms with Gasteiger partial charge >= 0.3 is 6.18 Å². The van der Waals surface area contributed by atoms with E-state index < -0.39 is 27.7 Å². The van der Waals surface area contributed by atoms with Crippen LogP contribution in [0.2, 0.25) is 5.15 Å². The van der Waals surface area contributed by atoms with Crippen LogP contribution in [0.5, 0.6) is 0 Å². The van der Waals surface area contributed by atoms with Crippen molar-refractivity contribution in [1.29, 1.82) is 0 Å². The van der Waals surface area contributed by atoms with Gasteiger partial charge in [0.25, 0.3) is 0 Å². The maximum absolute atomic E-state index is 12.1. The van der Waals surface area contributed by atoms with Crippen molar-refractivity contribution in [2.75, 3.05) is 6.26 Å². The molecule has 1 aromatic rings. The van der Waals surface area contributed by atoms with E-state index in [-0.39, 0.29) is 5.16 Å². The van der Waals surface area contributed by atoms with Crippen molar-refractivity contribution < 1.29 is 17.4 Å². The average Bonchev–Trinajstić information content (AvgIpc) is 2.01. The summed E-state index contributed by atoms with van der Waals surface area (Å²) in [5.74, 6) is 0. The lowest BCUT2D eigenvalue weighted by Crippen LogP contribution is -2.09. The number of halogens is 4. The van der Waals surface area contributed by atoms with E-state index in [2.05, 4.69) is 9.97 Å². The highest BCUT2D eigenvalue weighted by atomic mass is 35.5. The van der Waals surface area contributed by atoms with E-state index in [4.69, 9.17) is 11.6 Å².